The van der Waals surface area contributed by atoms with Crippen molar-refractivity contribution in [2.24, 2.45) is 5.73 Å². The van der Waals surface area contributed by atoms with Gasteiger partial charge in [0.2, 0.25) is 5.91 Å². The number of carbonyl (C=O) groups excluding carboxylic acids is 1. The van der Waals surface area contributed by atoms with Gasteiger partial charge in [0.15, 0.2) is 0 Å². The fourth-order valence-corrected chi connectivity index (χ4v) is 2.68. The quantitative estimate of drug-likeness (QED) is 0.741. The predicted octanol–water partition coefficient (Wildman–Crippen LogP) is 0.775. The molecule has 1 aliphatic heterocycles. The Labute approximate surface area is 130 Å². The van der Waals surface area contributed by atoms with Crippen LogP contribution >= 0.6 is 0 Å². The number of hydrogen-bond acceptors (Lipinski definition) is 5. The summed E-state index contributed by atoms with van der Waals surface area (Å²) in [7, 11) is 0. The molecule has 0 aliphatic carbocycles. The third-order valence-electron chi connectivity index (χ3n) is 3.71. The summed E-state index contributed by atoms with van der Waals surface area (Å²) in [6.45, 7) is 3.91. The zero-order valence-electron chi connectivity index (χ0n) is 12.9. The lowest BCUT2D eigenvalue weighted by Crippen LogP contribution is -2.44. The van der Waals surface area contributed by atoms with E-state index in [-0.39, 0.29) is 18.6 Å². The lowest BCUT2D eigenvalue weighted by atomic mass is 10.2. The molecule has 0 bridgehead atoms. The van der Waals surface area contributed by atoms with Crippen LogP contribution in [-0.2, 0) is 4.79 Å². The number of likely N-dealkylation sites (tertiary alicyclic amines) is 1. The van der Waals surface area contributed by atoms with Crippen molar-refractivity contribution in [2.75, 3.05) is 26.3 Å². The molecule has 6 nitrogen and oxygen atoms in total. The third kappa shape index (κ3) is 4.61. The number of benzene rings is 1. The van der Waals surface area contributed by atoms with Crippen molar-refractivity contribution in [1.82, 2.24) is 4.90 Å². The number of nitrogens with zero attached hydrogens (tertiary/aromatic N) is 1. The van der Waals surface area contributed by atoms with E-state index in [1.165, 1.54) is 0 Å². The van der Waals surface area contributed by atoms with Crippen LogP contribution in [0.25, 0.3) is 0 Å². The fraction of sp³-hybridized carbons (Fsp3) is 0.562. The number of rotatable bonds is 8. The first-order valence-corrected chi connectivity index (χ1v) is 7.67. The summed E-state index contributed by atoms with van der Waals surface area (Å²) in [6, 6.07) is 7.00. The van der Waals surface area contributed by atoms with E-state index in [0.717, 1.165) is 25.1 Å². The highest BCUT2D eigenvalue weighted by Crippen LogP contribution is 2.19. The van der Waals surface area contributed by atoms with Crippen LogP contribution in [0.5, 0.6) is 11.5 Å². The SMILES string of the molecule is CCOc1ccc(OC[C@@H](O)CN2CCC[C@H]2C(N)=O)cc1. The summed E-state index contributed by atoms with van der Waals surface area (Å²) >= 11 is 0. The number of nitrogens with two attached hydrogens (primary N) is 1. The van der Waals surface area contributed by atoms with E-state index in [0.29, 0.717) is 18.9 Å². The van der Waals surface area contributed by atoms with Crippen LogP contribution in [0.4, 0.5) is 0 Å². The Morgan fingerprint density at radius 1 is 1.36 bits per heavy atom. The Morgan fingerprint density at radius 2 is 2.00 bits per heavy atom. The lowest BCUT2D eigenvalue weighted by molar-refractivity contribution is -0.122. The first kappa shape index (κ1) is 16.6. The van der Waals surface area contributed by atoms with E-state index in [2.05, 4.69) is 0 Å². The third-order valence-corrected chi connectivity index (χ3v) is 3.71. The summed E-state index contributed by atoms with van der Waals surface area (Å²) in [5, 5.41) is 10.1. The highest BCUT2D eigenvalue weighted by Gasteiger charge is 2.30. The Bertz CT molecular complexity index is 478. The molecule has 6 heteroatoms. The molecule has 122 valence electrons. The van der Waals surface area contributed by atoms with E-state index in [1.54, 1.807) is 12.1 Å². The molecule has 2 atom stereocenters. The van der Waals surface area contributed by atoms with Crippen molar-refractivity contribution >= 4 is 5.91 Å². The summed E-state index contributed by atoms with van der Waals surface area (Å²) in [4.78, 5) is 13.2. The first-order chi connectivity index (χ1) is 10.6. The standard InChI is InChI=1S/C16H24N2O4/c1-2-21-13-5-7-14(8-6-13)22-11-12(19)10-18-9-3-4-15(18)16(17)20/h5-8,12,15,19H,2-4,9-11H2,1H3,(H2,17,20)/t12-,15-/m0/s1. The van der Waals surface area contributed by atoms with Gasteiger partial charge in [-0.2, -0.15) is 0 Å². The predicted molar refractivity (Wildman–Crippen MR) is 82.9 cm³/mol. The number of carbonyl (C=O) groups is 1. The van der Waals surface area contributed by atoms with Gasteiger partial charge < -0.3 is 20.3 Å². The van der Waals surface area contributed by atoms with Crippen molar-refractivity contribution < 1.29 is 19.4 Å². The van der Waals surface area contributed by atoms with Crippen molar-refractivity contribution in [3.8, 4) is 11.5 Å². The Balaban J connectivity index is 1.77. The van der Waals surface area contributed by atoms with Gasteiger partial charge in [0.25, 0.3) is 0 Å². The van der Waals surface area contributed by atoms with E-state index in [9.17, 15) is 9.90 Å². The second-order valence-electron chi connectivity index (χ2n) is 5.42. The Hall–Kier alpha value is -1.79. The molecule has 0 spiro atoms. The van der Waals surface area contributed by atoms with Crippen LogP contribution in [0.1, 0.15) is 19.8 Å². The van der Waals surface area contributed by atoms with Gasteiger partial charge in [0.1, 0.15) is 24.2 Å². The zero-order chi connectivity index (χ0) is 15.9. The molecule has 2 rings (SSSR count). The maximum atomic E-state index is 11.3. The molecule has 1 aromatic rings. The first-order valence-electron chi connectivity index (χ1n) is 7.67. The average Bonchev–Trinajstić information content (AvgIpc) is 2.95. The van der Waals surface area contributed by atoms with E-state index >= 15 is 0 Å². The minimum absolute atomic E-state index is 0.177. The molecule has 1 fully saturated rings. The molecule has 0 saturated carbocycles. The number of aliphatic hydroxyl groups excluding tert-OH is 1. The highest BCUT2D eigenvalue weighted by molar-refractivity contribution is 5.80. The molecular formula is C16H24N2O4. The Morgan fingerprint density at radius 3 is 2.59 bits per heavy atom. The minimum Gasteiger partial charge on any atom is -0.494 e. The van der Waals surface area contributed by atoms with Crippen LogP contribution in [0.3, 0.4) is 0 Å². The summed E-state index contributed by atoms with van der Waals surface area (Å²) in [5.74, 6) is 1.14. The number of amides is 1. The summed E-state index contributed by atoms with van der Waals surface area (Å²) in [5.41, 5.74) is 5.36. The number of hydrogen-bond donors (Lipinski definition) is 2. The zero-order valence-corrected chi connectivity index (χ0v) is 12.9. The summed E-state index contributed by atoms with van der Waals surface area (Å²) in [6.07, 6.45) is 1.04. The van der Waals surface area contributed by atoms with Crippen molar-refractivity contribution in [2.45, 2.75) is 31.9 Å². The maximum Gasteiger partial charge on any atom is 0.234 e. The van der Waals surface area contributed by atoms with Gasteiger partial charge >= 0.3 is 0 Å². The highest BCUT2D eigenvalue weighted by atomic mass is 16.5. The van der Waals surface area contributed by atoms with E-state index < -0.39 is 6.10 Å². The van der Waals surface area contributed by atoms with Crippen LogP contribution in [0.2, 0.25) is 0 Å². The molecule has 1 aliphatic rings. The lowest BCUT2D eigenvalue weighted by Gasteiger charge is -2.24. The van der Waals surface area contributed by atoms with Gasteiger partial charge in [-0.05, 0) is 50.6 Å². The Kier molecular flexibility index (Phi) is 6.03. The van der Waals surface area contributed by atoms with Crippen LogP contribution in [-0.4, -0.2) is 54.4 Å². The van der Waals surface area contributed by atoms with Gasteiger partial charge in [-0.1, -0.05) is 0 Å². The van der Waals surface area contributed by atoms with Crippen molar-refractivity contribution in [3.05, 3.63) is 24.3 Å². The normalized spacial score (nSPS) is 19.8. The molecule has 0 aromatic heterocycles. The largest absolute Gasteiger partial charge is 0.494 e. The molecule has 0 unspecified atom stereocenters. The van der Waals surface area contributed by atoms with Gasteiger partial charge in [-0.3, -0.25) is 9.69 Å². The van der Waals surface area contributed by atoms with E-state index in [1.807, 2.05) is 24.0 Å². The van der Waals surface area contributed by atoms with Gasteiger partial charge in [-0.25, -0.2) is 0 Å². The van der Waals surface area contributed by atoms with Crippen LogP contribution in [0.15, 0.2) is 24.3 Å². The fourth-order valence-electron chi connectivity index (χ4n) is 2.68. The van der Waals surface area contributed by atoms with Crippen LogP contribution in [0, 0.1) is 0 Å². The van der Waals surface area contributed by atoms with Gasteiger partial charge in [0.05, 0.1) is 12.6 Å². The second-order valence-corrected chi connectivity index (χ2v) is 5.42. The number of β-amino-alcohol motifs (C(OH)–C–C–N with tert-alkyl or cyclic N) is 1. The number of ether oxygens (including phenoxy) is 2. The molecule has 0 radical (unpaired) electrons. The summed E-state index contributed by atoms with van der Waals surface area (Å²) < 4.78 is 10.9. The van der Waals surface area contributed by atoms with Crippen LogP contribution < -0.4 is 15.2 Å². The van der Waals surface area contributed by atoms with Crippen molar-refractivity contribution in [1.29, 1.82) is 0 Å². The molecule has 22 heavy (non-hydrogen) atoms. The molecule has 1 aromatic carbocycles. The minimum atomic E-state index is -0.661. The number of aliphatic hydroxyl groups is 1. The molecule has 1 saturated heterocycles. The smallest absolute Gasteiger partial charge is 0.234 e. The van der Waals surface area contributed by atoms with Gasteiger partial charge in [0, 0.05) is 6.54 Å². The maximum absolute atomic E-state index is 11.3. The molecule has 1 amide bonds. The van der Waals surface area contributed by atoms with Gasteiger partial charge in [-0.15, -0.1) is 0 Å². The monoisotopic (exact) mass is 308 g/mol. The molecule has 1 heterocycles. The number of primary amides is 1. The van der Waals surface area contributed by atoms with Crippen molar-refractivity contribution in [3.63, 3.8) is 0 Å². The molecule has 3 N–H and O–H groups in total. The second kappa shape index (κ2) is 8.00. The topological polar surface area (TPSA) is 85.0 Å². The van der Waals surface area contributed by atoms with E-state index in [4.69, 9.17) is 15.2 Å². The molecular weight excluding hydrogens is 284 g/mol. The average molecular weight is 308 g/mol.